The van der Waals surface area contributed by atoms with Crippen molar-refractivity contribution in [1.82, 2.24) is 10.2 Å². The van der Waals surface area contributed by atoms with Crippen LogP contribution in [-0.4, -0.2) is 10.2 Å². The van der Waals surface area contributed by atoms with E-state index in [-0.39, 0.29) is 19.5 Å². The van der Waals surface area contributed by atoms with Crippen LogP contribution in [0.4, 0.5) is 0 Å². The standard InChI is InChI=1S/C14H10N2OS.Zn/c18-12-9-5-4-8-11(12)14-16-15-13(17-14)10-6-2-1-3-7-10;/h1-9,18H;/p-1. The van der Waals surface area contributed by atoms with Gasteiger partial charge in [-0.25, -0.2) is 0 Å². The molecule has 0 amide bonds. The maximum Gasteiger partial charge on any atom is 0.248 e. The molecule has 0 atom stereocenters. The summed E-state index contributed by atoms with van der Waals surface area (Å²) in [6.45, 7) is 0. The van der Waals surface area contributed by atoms with Crippen molar-refractivity contribution < 1.29 is 23.9 Å². The first-order chi connectivity index (χ1) is 8.84. The Labute approximate surface area is 129 Å². The molecule has 0 spiro atoms. The molecule has 0 aliphatic rings. The minimum absolute atomic E-state index is 0. The average molecular weight is 319 g/mol. The Morgan fingerprint density at radius 3 is 2.16 bits per heavy atom. The quantitative estimate of drug-likeness (QED) is 0.537. The molecule has 1 heterocycles. The predicted octanol–water partition coefficient (Wildman–Crippen LogP) is 3.31. The maximum atomic E-state index is 5.65. The van der Waals surface area contributed by atoms with Crippen LogP contribution in [0.1, 0.15) is 0 Å². The third kappa shape index (κ3) is 2.88. The van der Waals surface area contributed by atoms with Crippen LogP contribution in [0.15, 0.2) is 63.9 Å². The molecule has 0 N–H and O–H groups in total. The fourth-order valence-electron chi connectivity index (χ4n) is 1.67. The molecule has 0 aliphatic heterocycles. The van der Waals surface area contributed by atoms with E-state index in [2.05, 4.69) is 10.2 Å². The van der Waals surface area contributed by atoms with Crippen molar-refractivity contribution in [2.75, 3.05) is 0 Å². The first kappa shape index (κ1) is 13.8. The van der Waals surface area contributed by atoms with Gasteiger partial charge in [-0.3, -0.25) is 0 Å². The molecule has 3 rings (SSSR count). The second kappa shape index (κ2) is 6.04. The van der Waals surface area contributed by atoms with Gasteiger partial charge in [0.05, 0.1) is 0 Å². The molecule has 1 aromatic heterocycles. The summed E-state index contributed by atoms with van der Waals surface area (Å²) in [7, 11) is 0. The summed E-state index contributed by atoms with van der Waals surface area (Å²) in [5.41, 5.74) is 1.69. The van der Waals surface area contributed by atoms with E-state index in [0.29, 0.717) is 16.7 Å². The largest absolute Gasteiger partial charge is 0.779 e. The smallest absolute Gasteiger partial charge is 0.248 e. The van der Waals surface area contributed by atoms with Gasteiger partial charge in [-0.05, 0) is 12.1 Å². The molecule has 0 fully saturated rings. The monoisotopic (exact) mass is 317 g/mol. The van der Waals surface area contributed by atoms with Crippen LogP contribution >= 0.6 is 0 Å². The summed E-state index contributed by atoms with van der Waals surface area (Å²) < 4.78 is 5.65. The maximum absolute atomic E-state index is 5.65. The number of hydrogen-bond acceptors (Lipinski definition) is 4. The topological polar surface area (TPSA) is 38.9 Å². The Kier molecular flexibility index (Phi) is 4.40. The van der Waals surface area contributed by atoms with E-state index in [9.17, 15) is 0 Å². The first-order valence-corrected chi connectivity index (χ1v) is 5.91. The Bertz CT molecular complexity index is 670. The molecule has 0 saturated carbocycles. The number of aromatic nitrogens is 2. The molecule has 0 radical (unpaired) electrons. The number of hydrogen-bond donors (Lipinski definition) is 0. The van der Waals surface area contributed by atoms with E-state index in [1.807, 2.05) is 54.6 Å². The van der Waals surface area contributed by atoms with Gasteiger partial charge in [0, 0.05) is 30.6 Å². The van der Waals surface area contributed by atoms with Crippen molar-refractivity contribution in [2.24, 2.45) is 0 Å². The molecule has 19 heavy (non-hydrogen) atoms. The Hall–Kier alpha value is -1.58. The van der Waals surface area contributed by atoms with Crippen molar-refractivity contribution in [3.8, 4) is 22.9 Å². The predicted molar refractivity (Wildman–Crippen MR) is 70.8 cm³/mol. The second-order valence-corrected chi connectivity index (χ2v) is 4.21. The van der Waals surface area contributed by atoms with Crippen molar-refractivity contribution in [3.63, 3.8) is 0 Å². The zero-order valence-corrected chi connectivity index (χ0v) is 13.9. The molecule has 3 aromatic rings. The Morgan fingerprint density at radius 1 is 0.789 bits per heavy atom. The molecule has 0 saturated heterocycles. The summed E-state index contributed by atoms with van der Waals surface area (Å²) in [6, 6.07) is 17.2. The van der Waals surface area contributed by atoms with Gasteiger partial charge in [0.2, 0.25) is 11.8 Å². The van der Waals surface area contributed by atoms with Gasteiger partial charge >= 0.3 is 0 Å². The van der Waals surface area contributed by atoms with E-state index in [4.69, 9.17) is 17.0 Å². The molecule has 90 valence electrons. The molecule has 5 heteroatoms. The average Bonchev–Trinajstić information content (AvgIpc) is 2.90. The second-order valence-electron chi connectivity index (χ2n) is 3.77. The zero-order chi connectivity index (χ0) is 12.4. The summed E-state index contributed by atoms with van der Waals surface area (Å²) in [5.74, 6) is 0.961. The number of rotatable bonds is 2. The minimum Gasteiger partial charge on any atom is -0.779 e. The summed E-state index contributed by atoms with van der Waals surface area (Å²) >= 11 is 5.23. The third-order valence-electron chi connectivity index (χ3n) is 2.56. The van der Waals surface area contributed by atoms with Crippen LogP contribution in [0.2, 0.25) is 0 Å². The first-order valence-electron chi connectivity index (χ1n) is 5.50. The van der Waals surface area contributed by atoms with Crippen LogP contribution in [0.3, 0.4) is 0 Å². The molecule has 0 aliphatic carbocycles. The Morgan fingerprint density at radius 2 is 1.42 bits per heavy atom. The van der Waals surface area contributed by atoms with E-state index < -0.39 is 0 Å². The van der Waals surface area contributed by atoms with Gasteiger partial charge in [-0.15, -0.1) is 10.2 Å². The van der Waals surface area contributed by atoms with Crippen LogP contribution in [-0.2, 0) is 32.1 Å². The van der Waals surface area contributed by atoms with E-state index in [0.717, 1.165) is 11.1 Å². The molecule has 0 bridgehead atoms. The fraction of sp³-hybridized carbons (Fsp3) is 0. The van der Waals surface area contributed by atoms with Gasteiger partial charge in [-0.1, -0.05) is 42.5 Å². The van der Waals surface area contributed by atoms with E-state index in [1.54, 1.807) is 0 Å². The zero-order valence-electron chi connectivity index (χ0n) is 10.1. The van der Waals surface area contributed by atoms with Crippen LogP contribution in [0.5, 0.6) is 0 Å². The third-order valence-corrected chi connectivity index (χ3v) is 2.92. The van der Waals surface area contributed by atoms with Crippen LogP contribution < -0.4 is 0 Å². The minimum atomic E-state index is 0. The normalized spacial score (nSPS) is 9.89. The fourth-order valence-corrected chi connectivity index (χ4v) is 1.91. The van der Waals surface area contributed by atoms with Crippen molar-refractivity contribution >= 4 is 12.6 Å². The number of nitrogens with zero attached hydrogens (tertiary/aromatic N) is 2. The molecule has 0 unspecified atom stereocenters. The van der Waals surface area contributed by atoms with E-state index >= 15 is 0 Å². The molecular formula is C14H9N2OSZn-. The molecule has 2 aromatic carbocycles. The van der Waals surface area contributed by atoms with Crippen molar-refractivity contribution in [1.29, 1.82) is 0 Å². The van der Waals surface area contributed by atoms with Crippen LogP contribution in [0.25, 0.3) is 22.9 Å². The summed E-state index contributed by atoms with van der Waals surface area (Å²) in [4.78, 5) is 0.709. The van der Waals surface area contributed by atoms with Gasteiger partial charge in [0.1, 0.15) is 0 Å². The summed E-state index contributed by atoms with van der Waals surface area (Å²) in [6.07, 6.45) is 0. The van der Waals surface area contributed by atoms with Gasteiger partial charge in [0.15, 0.2) is 0 Å². The SMILES string of the molecule is [S-]c1ccccc1-c1nnc(-c2ccccc2)o1.[Zn]. The molecular weight excluding hydrogens is 310 g/mol. The van der Waals surface area contributed by atoms with E-state index in [1.165, 1.54) is 0 Å². The van der Waals surface area contributed by atoms with Gasteiger partial charge in [-0.2, -0.15) is 4.90 Å². The van der Waals surface area contributed by atoms with Crippen molar-refractivity contribution in [3.05, 3.63) is 54.6 Å². The van der Waals surface area contributed by atoms with Gasteiger partial charge in [0.25, 0.3) is 0 Å². The molecule has 3 nitrogen and oxygen atoms in total. The number of benzene rings is 2. The van der Waals surface area contributed by atoms with Gasteiger partial charge < -0.3 is 17.0 Å². The Balaban J connectivity index is 0.00000133. The van der Waals surface area contributed by atoms with Crippen molar-refractivity contribution in [2.45, 2.75) is 4.90 Å². The van der Waals surface area contributed by atoms with Crippen LogP contribution in [0, 0.1) is 0 Å². The summed E-state index contributed by atoms with van der Waals surface area (Å²) in [5, 5.41) is 8.08.